The Morgan fingerprint density at radius 3 is 2.63 bits per heavy atom. The molecule has 160 valence electrons. The van der Waals surface area contributed by atoms with Crippen LogP contribution in [0.4, 0.5) is 5.82 Å². The molecular formula is C22H27ClN4O3. The van der Waals surface area contributed by atoms with Gasteiger partial charge in [-0.15, -0.1) is 0 Å². The Morgan fingerprint density at radius 2 is 2.00 bits per heavy atom. The summed E-state index contributed by atoms with van der Waals surface area (Å²) in [5, 5.41) is 3.83. The van der Waals surface area contributed by atoms with Gasteiger partial charge in [-0.1, -0.05) is 37.1 Å². The van der Waals surface area contributed by atoms with Crippen molar-refractivity contribution < 1.29 is 14.3 Å². The van der Waals surface area contributed by atoms with Crippen LogP contribution in [0.5, 0.6) is 5.88 Å². The summed E-state index contributed by atoms with van der Waals surface area (Å²) < 4.78 is 10.5. The molecule has 0 unspecified atom stereocenters. The highest BCUT2D eigenvalue weighted by Crippen LogP contribution is 2.22. The van der Waals surface area contributed by atoms with Crippen LogP contribution < -0.4 is 10.1 Å². The molecule has 0 atom stereocenters. The second-order valence-corrected chi connectivity index (χ2v) is 6.87. The number of aryl methyl sites for hydroxylation is 1. The highest BCUT2D eigenvalue weighted by Gasteiger charge is 2.08. The van der Waals surface area contributed by atoms with Gasteiger partial charge < -0.3 is 14.8 Å². The lowest BCUT2D eigenvalue weighted by Crippen LogP contribution is -2.06. The molecule has 0 aliphatic rings. The van der Waals surface area contributed by atoms with Crippen molar-refractivity contribution in [3.63, 3.8) is 0 Å². The van der Waals surface area contributed by atoms with Gasteiger partial charge in [-0.3, -0.25) is 0 Å². The quantitative estimate of drug-likeness (QED) is 0.322. The molecule has 2 aromatic rings. The van der Waals surface area contributed by atoms with Crippen molar-refractivity contribution in [3.05, 3.63) is 64.4 Å². The minimum absolute atomic E-state index is 0.380. The normalized spacial score (nSPS) is 11.9. The van der Waals surface area contributed by atoms with E-state index in [0.717, 1.165) is 24.3 Å². The number of pyridine rings is 1. The van der Waals surface area contributed by atoms with E-state index in [1.807, 2.05) is 32.9 Å². The monoisotopic (exact) mass is 430 g/mol. The number of anilines is 1. The minimum Gasteiger partial charge on any atom is -0.465 e. The number of methoxy groups -OCH3 is 1. The van der Waals surface area contributed by atoms with Crippen molar-refractivity contribution in [2.45, 2.75) is 40.0 Å². The number of hydrogen-bond donors (Lipinski definition) is 1. The number of allylic oxidation sites excluding steroid dienone is 3. The lowest BCUT2D eigenvalue weighted by atomic mass is 10.2. The molecule has 2 rings (SSSR count). The second kappa shape index (κ2) is 11.9. The minimum atomic E-state index is -0.429. The van der Waals surface area contributed by atoms with E-state index in [2.05, 4.69) is 25.0 Å². The molecule has 0 saturated heterocycles. The zero-order chi connectivity index (χ0) is 21.9. The zero-order valence-electron chi connectivity index (χ0n) is 17.7. The number of nitrogens with one attached hydrogen (secondary N) is 1. The van der Waals surface area contributed by atoms with Gasteiger partial charge in [-0.25, -0.2) is 19.7 Å². The van der Waals surface area contributed by atoms with Gasteiger partial charge in [0.1, 0.15) is 22.9 Å². The van der Waals surface area contributed by atoms with Crippen LogP contribution in [-0.4, -0.2) is 34.6 Å². The van der Waals surface area contributed by atoms with E-state index < -0.39 is 5.97 Å². The van der Waals surface area contributed by atoms with Crippen molar-refractivity contribution in [1.82, 2.24) is 15.0 Å². The standard InChI is InChI=1S/C22H27ClN4O3/c1-5-17(30-19-10-8-16(13-25-19)22(28)29-4)9-7-15(3)11-12-24-21-20(23)18(6-2)26-14-27-21/h7-10,13-14H,5-6,11-12H2,1-4H3,(H,24,26,27)/b15-7+,17-9+. The Morgan fingerprint density at radius 1 is 1.20 bits per heavy atom. The average Bonchev–Trinajstić information content (AvgIpc) is 2.77. The molecule has 2 heterocycles. The third-order valence-corrected chi connectivity index (χ3v) is 4.70. The maximum absolute atomic E-state index is 11.5. The molecule has 0 spiro atoms. The molecule has 0 bridgehead atoms. The van der Waals surface area contributed by atoms with Crippen LogP contribution in [-0.2, 0) is 11.2 Å². The van der Waals surface area contributed by atoms with Gasteiger partial charge in [0.15, 0.2) is 0 Å². The summed E-state index contributed by atoms with van der Waals surface area (Å²) in [6.45, 7) is 6.76. The first kappa shape index (κ1) is 23.3. The van der Waals surface area contributed by atoms with Gasteiger partial charge in [0.05, 0.1) is 18.4 Å². The molecule has 0 aromatic carbocycles. The smallest absolute Gasteiger partial charge is 0.339 e. The van der Waals surface area contributed by atoms with Crippen LogP contribution in [0.3, 0.4) is 0 Å². The first-order chi connectivity index (χ1) is 14.5. The fourth-order valence-electron chi connectivity index (χ4n) is 2.51. The molecule has 0 amide bonds. The van der Waals surface area contributed by atoms with E-state index in [9.17, 15) is 4.79 Å². The van der Waals surface area contributed by atoms with Crippen molar-refractivity contribution >= 4 is 23.4 Å². The third kappa shape index (κ3) is 6.84. The van der Waals surface area contributed by atoms with E-state index in [0.29, 0.717) is 35.2 Å². The molecule has 2 aromatic heterocycles. The van der Waals surface area contributed by atoms with Crippen LogP contribution in [0, 0.1) is 0 Å². The zero-order valence-corrected chi connectivity index (χ0v) is 18.5. The van der Waals surface area contributed by atoms with Crippen LogP contribution in [0.25, 0.3) is 0 Å². The van der Waals surface area contributed by atoms with Crippen molar-refractivity contribution in [2.75, 3.05) is 19.0 Å². The lowest BCUT2D eigenvalue weighted by molar-refractivity contribution is 0.0600. The maximum Gasteiger partial charge on any atom is 0.339 e. The van der Waals surface area contributed by atoms with Gasteiger partial charge in [0, 0.05) is 25.2 Å². The number of hydrogen-bond acceptors (Lipinski definition) is 7. The number of halogens is 1. The molecule has 30 heavy (non-hydrogen) atoms. The van der Waals surface area contributed by atoms with Crippen LogP contribution in [0.2, 0.25) is 5.02 Å². The van der Waals surface area contributed by atoms with Gasteiger partial charge >= 0.3 is 5.97 Å². The van der Waals surface area contributed by atoms with E-state index in [-0.39, 0.29) is 0 Å². The Labute approximate surface area is 182 Å². The second-order valence-electron chi connectivity index (χ2n) is 6.49. The predicted molar refractivity (Wildman–Crippen MR) is 118 cm³/mol. The Balaban J connectivity index is 1.92. The summed E-state index contributed by atoms with van der Waals surface area (Å²) in [6.07, 6.45) is 9.19. The summed E-state index contributed by atoms with van der Waals surface area (Å²) in [4.78, 5) is 24.0. The first-order valence-corrected chi connectivity index (χ1v) is 10.2. The summed E-state index contributed by atoms with van der Waals surface area (Å²) in [6, 6.07) is 3.27. The first-order valence-electron chi connectivity index (χ1n) is 9.80. The summed E-state index contributed by atoms with van der Waals surface area (Å²) >= 11 is 6.30. The fourth-order valence-corrected chi connectivity index (χ4v) is 2.81. The predicted octanol–water partition coefficient (Wildman–Crippen LogP) is 5.00. The Bertz CT molecular complexity index is 911. The molecule has 0 aliphatic heterocycles. The summed E-state index contributed by atoms with van der Waals surface area (Å²) in [5.74, 6) is 1.42. The van der Waals surface area contributed by atoms with Gasteiger partial charge in [0.2, 0.25) is 5.88 Å². The van der Waals surface area contributed by atoms with Crippen LogP contribution >= 0.6 is 11.6 Å². The Kier molecular flexibility index (Phi) is 9.28. The van der Waals surface area contributed by atoms with Gasteiger partial charge in [0.25, 0.3) is 0 Å². The lowest BCUT2D eigenvalue weighted by Gasteiger charge is -2.09. The molecular weight excluding hydrogens is 404 g/mol. The Hall–Kier alpha value is -2.93. The number of nitrogens with zero attached hydrogens (tertiary/aromatic N) is 3. The molecule has 0 saturated carbocycles. The number of esters is 1. The van der Waals surface area contributed by atoms with E-state index >= 15 is 0 Å². The number of carbonyl (C=O) groups is 1. The molecule has 0 radical (unpaired) electrons. The van der Waals surface area contributed by atoms with Crippen LogP contribution in [0.1, 0.15) is 49.7 Å². The van der Waals surface area contributed by atoms with Crippen molar-refractivity contribution in [3.8, 4) is 5.88 Å². The number of ether oxygens (including phenoxy) is 2. The molecule has 0 fully saturated rings. The van der Waals surface area contributed by atoms with Crippen LogP contribution in [0.15, 0.2) is 48.1 Å². The van der Waals surface area contributed by atoms with E-state index in [1.54, 1.807) is 12.1 Å². The molecule has 8 heteroatoms. The molecule has 1 N–H and O–H groups in total. The third-order valence-electron chi connectivity index (χ3n) is 4.30. The largest absolute Gasteiger partial charge is 0.465 e. The van der Waals surface area contributed by atoms with Crippen molar-refractivity contribution in [2.24, 2.45) is 0 Å². The number of carbonyl (C=O) groups excluding carboxylic acids is 1. The highest BCUT2D eigenvalue weighted by atomic mass is 35.5. The molecule has 7 nitrogen and oxygen atoms in total. The van der Waals surface area contributed by atoms with E-state index in [1.165, 1.54) is 25.2 Å². The maximum atomic E-state index is 11.5. The highest BCUT2D eigenvalue weighted by molar-refractivity contribution is 6.33. The van der Waals surface area contributed by atoms with Crippen molar-refractivity contribution in [1.29, 1.82) is 0 Å². The number of aromatic nitrogens is 3. The fraction of sp³-hybridized carbons (Fsp3) is 0.364. The van der Waals surface area contributed by atoms with Gasteiger partial charge in [-0.05, 0) is 31.9 Å². The number of rotatable bonds is 10. The summed E-state index contributed by atoms with van der Waals surface area (Å²) in [7, 11) is 1.33. The van der Waals surface area contributed by atoms with Gasteiger partial charge in [-0.2, -0.15) is 0 Å². The summed E-state index contributed by atoms with van der Waals surface area (Å²) in [5.41, 5.74) is 2.39. The topological polar surface area (TPSA) is 86.2 Å². The van der Waals surface area contributed by atoms with E-state index in [4.69, 9.17) is 16.3 Å². The molecule has 0 aliphatic carbocycles. The SMILES string of the molecule is CC/C(=C\C=C(/C)CCNc1ncnc(CC)c1Cl)Oc1ccc(C(=O)OC)cn1. The average molecular weight is 431 g/mol.